The van der Waals surface area contributed by atoms with Crippen LogP contribution in [0.25, 0.3) is 10.6 Å². The third kappa shape index (κ3) is 5.54. The quantitative estimate of drug-likeness (QED) is 0.467. The third-order valence-electron chi connectivity index (χ3n) is 4.81. The maximum Gasteiger partial charge on any atom is 0.270 e. The number of hydrogen-bond acceptors (Lipinski definition) is 5. The molecule has 0 spiro atoms. The number of ether oxygens (including phenoxy) is 2. The number of halogens is 3. The highest BCUT2D eigenvalue weighted by Crippen LogP contribution is 2.30. The van der Waals surface area contributed by atoms with Gasteiger partial charge in [0.2, 0.25) is 0 Å². The first-order valence-electron chi connectivity index (χ1n) is 9.71. The van der Waals surface area contributed by atoms with Crippen LogP contribution < -0.4 is 10.1 Å². The summed E-state index contributed by atoms with van der Waals surface area (Å²) >= 11 is 13.1. The molecule has 0 radical (unpaired) electrons. The van der Waals surface area contributed by atoms with E-state index in [-0.39, 0.29) is 24.3 Å². The van der Waals surface area contributed by atoms with Gasteiger partial charge in [0, 0.05) is 30.2 Å². The Morgan fingerprint density at radius 3 is 2.87 bits per heavy atom. The molecule has 1 saturated heterocycles. The van der Waals surface area contributed by atoms with Gasteiger partial charge >= 0.3 is 0 Å². The summed E-state index contributed by atoms with van der Waals surface area (Å²) in [4.78, 5) is 16.6. The Hall–Kier alpha value is -2.19. The van der Waals surface area contributed by atoms with Crippen LogP contribution in [0.5, 0.6) is 5.75 Å². The summed E-state index contributed by atoms with van der Waals surface area (Å²) in [5.74, 6) is -0.398. The molecule has 4 rings (SSSR count). The van der Waals surface area contributed by atoms with Crippen LogP contribution in [0.1, 0.15) is 28.9 Å². The molecule has 1 fully saturated rings. The zero-order chi connectivity index (χ0) is 21.8. The Labute approximate surface area is 193 Å². The topological polar surface area (TPSA) is 60.5 Å². The van der Waals surface area contributed by atoms with E-state index >= 15 is 0 Å². The molecule has 1 aliphatic heterocycles. The van der Waals surface area contributed by atoms with Crippen molar-refractivity contribution in [3.8, 4) is 16.3 Å². The van der Waals surface area contributed by atoms with Crippen LogP contribution in [-0.2, 0) is 11.3 Å². The van der Waals surface area contributed by atoms with E-state index in [4.69, 9.17) is 32.7 Å². The molecule has 0 saturated carbocycles. The average Bonchev–Trinajstić information content (AvgIpc) is 3.45. The predicted octanol–water partition coefficient (Wildman–Crippen LogP) is 5.74. The lowest BCUT2D eigenvalue weighted by Gasteiger charge is -2.09. The third-order valence-corrected chi connectivity index (χ3v) is 6.43. The van der Waals surface area contributed by atoms with E-state index in [2.05, 4.69) is 10.3 Å². The molecule has 0 unspecified atom stereocenters. The molecule has 1 amide bonds. The number of benzene rings is 2. The van der Waals surface area contributed by atoms with Crippen LogP contribution in [0.2, 0.25) is 10.0 Å². The van der Waals surface area contributed by atoms with Gasteiger partial charge in [0.25, 0.3) is 5.91 Å². The smallest absolute Gasteiger partial charge is 0.270 e. The first-order valence-corrected chi connectivity index (χ1v) is 11.3. The minimum Gasteiger partial charge on any atom is -0.489 e. The fourth-order valence-corrected chi connectivity index (χ4v) is 4.31. The molecule has 0 aliphatic carbocycles. The second kappa shape index (κ2) is 9.96. The van der Waals surface area contributed by atoms with E-state index in [9.17, 15) is 9.18 Å². The molecule has 3 aromatic rings. The number of hydrogen-bond donors (Lipinski definition) is 1. The highest BCUT2D eigenvalue weighted by molar-refractivity contribution is 7.13. The minimum atomic E-state index is -0.479. The largest absolute Gasteiger partial charge is 0.489 e. The highest BCUT2D eigenvalue weighted by atomic mass is 35.5. The molecule has 9 heteroatoms. The maximum atomic E-state index is 14.7. The number of carbonyl (C=O) groups excluding carboxylic acids is 1. The van der Waals surface area contributed by atoms with Crippen LogP contribution >= 0.6 is 34.5 Å². The lowest BCUT2D eigenvalue weighted by Crippen LogP contribution is -2.31. The van der Waals surface area contributed by atoms with Crippen molar-refractivity contribution >= 4 is 40.4 Å². The van der Waals surface area contributed by atoms with Crippen molar-refractivity contribution in [3.63, 3.8) is 0 Å². The number of thiazole rings is 1. The van der Waals surface area contributed by atoms with E-state index < -0.39 is 5.82 Å². The summed E-state index contributed by atoms with van der Waals surface area (Å²) in [5, 5.41) is 5.76. The van der Waals surface area contributed by atoms with Crippen molar-refractivity contribution in [2.24, 2.45) is 0 Å². The molecule has 2 heterocycles. The fraction of sp³-hybridized carbons (Fsp3) is 0.273. The average molecular weight is 481 g/mol. The van der Waals surface area contributed by atoms with E-state index in [1.807, 2.05) is 0 Å². The van der Waals surface area contributed by atoms with Crippen molar-refractivity contribution < 1.29 is 18.7 Å². The molecule has 1 N–H and O–H groups in total. The van der Waals surface area contributed by atoms with Gasteiger partial charge in [0.05, 0.1) is 16.1 Å². The first kappa shape index (κ1) is 22.0. The Balaban J connectivity index is 1.38. The summed E-state index contributed by atoms with van der Waals surface area (Å²) in [5.41, 5.74) is 1.39. The Bertz CT molecular complexity index is 1090. The van der Waals surface area contributed by atoms with Gasteiger partial charge < -0.3 is 14.8 Å². The van der Waals surface area contributed by atoms with Crippen LogP contribution in [-0.4, -0.2) is 30.1 Å². The molecule has 1 atom stereocenters. The number of amides is 1. The number of rotatable bonds is 7. The van der Waals surface area contributed by atoms with Gasteiger partial charge in [-0.2, -0.15) is 0 Å². The standard InChI is InChI=1S/C22H19Cl2FN2O3S/c23-17-6-3-13(8-18(17)24)11-30-14-4-5-16(19(25)9-14)22-27-20(12-31-22)21(28)26-10-15-2-1-7-29-15/h3-6,8-9,12,15H,1-2,7,10-11H2,(H,26,28)/t15-/m0/s1. The normalized spacial score (nSPS) is 15.8. The van der Waals surface area contributed by atoms with Crippen molar-refractivity contribution in [1.29, 1.82) is 0 Å². The molecule has 1 aliphatic rings. The number of nitrogens with one attached hydrogen (secondary N) is 1. The molecule has 162 valence electrons. The fourth-order valence-electron chi connectivity index (χ4n) is 3.16. The summed E-state index contributed by atoms with van der Waals surface area (Å²) in [7, 11) is 0. The van der Waals surface area contributed by atoms with Crippen molar-refractivity contribution in [2.45, 2.75) is 25.6 Å². The van der Waals surface area contributed by atoms with Gasteiger partial charge in [0.1, 0.15) is 28.9 Å². The molecule has 5 nitrogen and oxygen atoms in total. The van der Waals surface area contributed by atoms with Gasteiger partial charge in [-0.15, -0.1) is 11.3 Å². The molecular formula is C22H19Cl2FN2O3S. The lowest BCUT2D eigenvalue weighted by molar-refractivity contribution is 0.0854. The van der Waals surface area contributed by atoms with Crippen molar-refractivity contribution in [1.82, 2.24) is 10.3 Å². The van der Waals surface area contributed by atoms with E-state index in [0.29, 0.717) is 32.9 Å². The molecular weight excluding hydrogens is 462 g/mol. The second-order valence-corrected chi connectivity index (χ2v) is 8.73. The summed E-state index contributed by atoms with van der Waals surface area (Å²) in [6, 6.07) is 9.73. The van der Waals surface area contributed by atoms with Crippen molar-refractivity contribution in [2.75, 3.05) is 13.2 Å². The number of nitrogens with zero attached hydrogens (tertiary/aromatic N) is 1. The van der Waals surface area contributed by atoms with Gasteiger partial charge in [-0.25, -0.2) is 9.37 Å². The number of carbonyl (C=O) groups is 1. The van der Waals surface area contributed by atoms with Crippen LogP contribution in [0.15, 0.2) is 41.8 Å². The SMILES string of the molecule is O=C(NC[C@@H]1CCCO1)c1csc(-c2ccc(OCc3ccc(Cl)c(Cl)c3)cc2F)n1. The lowest BCUT2D eigenvalue weighted by atomic mass is 10.2. The highest BCUT2D eigenvalue weighted by Gasteiger charge is 2.19. The van der Waals surface area contributed by atoms with Gasteiger partial charge in [-0.05, 0) is 42.7 Å². The Morgan fingerprint density at radius 1 is 1.26 bits per heavy atom. The Kier molecular flexibility index (Phi) is 7.07. The maximum absolute atomic E-state index is 14.7. The first-order chi connectivity index (χ1) is 15.0. The minimum absolute atomic E-state index is 0.0518. The van der Waals surface area contributed by atoms with Gasteiger partial charge in [-0.3, -0.25) is 4.79 Å². The summed E-state index contributed by atoms with van der Waals surface area (Å²) < 4.78 is 25.8. The van der Waals surface area contributed by atoms with E-state index in [0.717, 1.165) is 25.0 Å². The van der Waals surface area contributed by atoms with Crippen LogP contribution in [0, 0.1) is 5.82 Å². The molecule has 1 aromatic heterocycles. The predicted molar refractivity (Wildman–Crippen MR) is 120 cm³/mol. The zero-order valence-electron chi connectivity index (χ0n) is 16.4. The van der Waals surface area contributed by atoms with Gasteiger partial charge in [-0.1, -0.05) is 29.3 Å². The van der Waals surface area contributed by atoms with E-state index in [1.54, 1.807) is 35.7 Å². The van der Waals surface area contributed by atoms with Crippen LogP contribution in [0.3, 0.4) is 0 Å². The van der Waals surface area contributed by atoms with Crippen LogP contribution in [0.4, 0.5) is 4.39 Å². The summed E-state index contributed by atoms with van der Waals surface area (Å²) in [6.45, 7) is 1.40. The number of aromatic nitrogens is 1. The van der Waals surface area contributed by atoms with Gasteiger partial charge in [0.15, 0.2) is 0 Å². The molecule has 31 heavy (non-hydrogen) atoms. The monoisotopic (exact) mass is 480 g/mol. The molecule has 2 aromatic carbocycles. The van der Waals surface area contributed by atoms with E-state index in [1.165, 1.54) is 17.4 Å². The zero-order valence-corrected chi connectivity index (χ0v) is 18.7. The van der Waals surface area contributed by atoms with Crippen molar-refractivity contribution in [3.05, 3.63) is 68.9 Å². The second-order valence-electron chi connectivity index (χ2n) is 7.06. The Morgan fingerprint density at radius 2 is 2.13 bits per heavy atom. The molecule has 0 bridgehead atoms. The summed E-state index contributed by atoms with van der Waals surface area (Å²) in [6.07, 6.45) is 2.00.